The zero-order chi connectivity index (χ0) is 13.4. The molecule has 1 heterocycles. The van der Waals surface area contributed by atoms with Crippen molar-refractivity contribution in [3.05, 3.63) is 11.9 Å². The van der Waals surface area contributed by atoms with Crippen molar-refractivity contribution in [2.24, 2.45) is 0 Å². The van der Waals surface area contributed by atoms with Crippen molar-refractivity contribution in [2.45, 2.75) is 40.2 Å². The van der Waals surface area contributed by atoms with Gasteiger partial charge in [-0.3, -0.25) is 0 Å². The maximum atomic E-state index is 5.38. The van der Waals surface area contributed by atoms with Crippen LogP contribution in [-0.2, 0) is 11.2 Å². The number of aryl methyl sites for hydroxylation is 1. The van der Waals surface area contributed by atoms with Crippen LogP contribution >= 0.6 is 0 Å². The number of aromatic nitrogens is 2. The van der Waals surface area contributed by atoms with Crippen LogP contribution in [0, 0.1) is 0 Å². The first-order valence-electron chi connectivity index (χ1n) is 6.65. The molecule has 1 aromatic rings. The van der Waals surface area contributed by atoms with Gasteiger partial charge in [-0.2, -0.15) is 0 Å². The van der Waals surface area contributed by atoms with Crippen LogP contribution in [0.25, 0.3) is 0 Å². The number of nitrogens with one attached hydrogen (secondary N) is 2. The summed E-state index contributed by atoms with van der Waals surface area (Å²) < 4.78 is 5.38. The SMILES string of the molecule is CCNc1cc(NC(C)COCC)nc(CC)n1. The van der Waals surface area contributed by atoms with Gasteiger partial charge in [0, 0.05) is 31.7 Å². The Morgan fingerprint density at radius 2 is 1.94 bits per heavy atom. The molecule has 0 aliphatic rings. The molecule has 1 unspecified atom stereocenters. The van der Waals surface area contributed by atoms with E-state index in [-0.39, 0.29) is 6.04 Å². The van der Waals surface area contributed by atoms with E-state index in [1.807, 2.05) is 13.0 Å². The first-order valence-corrected chi connectivity index (χ1v) is 6.65. The fourth-order valence-electron chi connectivity index (χ4n) is 1.59. The average Bonchev–Trinajstić information content (AvgIpc) is 2.36. The van der Waals surface area contributed by atoms with Crippen molar-refractivity contribution in [1.29, 1.82) is 0 Å². The van der Waals surface area contributed by atoms with Gasteiger partial charge in [-0.25, -0.2) is 9.97 Å². The first kappa shape index (κ1) is 14.7. The topological polar surface area (TPSA) is 59.1 Å². The highest BCUT2D eigenvalue weighted by Gasteiger charge is 2.06. The summed E-state index contributed by atoms with van der Waals surface area (Å²) in [5, 5.41) is 6.55. The molecule has 0 aromatic carbocycles. The Kier molecular flexibility index (Phi) is 6.43. The fourth-order valence-corrected chi connectivity index (χ4v) is 1.59. The summed E-state index contributed by atoms with van der Waals surface area (Å²) in [4.78, 5) is 8.88. The smallest absolute Gasteiger partial charge is 0.132 e. The minimum Gasteiger partial charge on any atom is -0.380 e. The van der Waals surface area contributed by atoms with Gasteiger partial charge >= 0.3 is 0 Å². The summed E-state index contributed by atoms with van der Waals surface area (Å²) in [6.07, 6.45) is 0.827. The minimum absolute atomic E-state index is 0.235. The van der Waals surface area contributed by atoms with Crippen molar-refractivity contribution in [3.63, 3.8) is 0 Å². The summed E-state index contributed by atoms with van der Waals surface area (Å²) in [7, 11) is 0. The zero-order valence-corrected chi connectivity index (χ0v) is 11.8. The van der Waals surface area contributed by atoms with Crippen LogP contribution in [0.1, 0.15) is 33.5 Å². The van der Waals surface area contributed by atoms with Crippen LogP contribution in [0.4, 0.5) is 11.6 Å². The molecule has 2 N–H and O–H groups in total. The lowest BCUT2D eigenvalue weighted by molar-refractivity contribution is 0.141. The molecule has 1 rings (SSSR count). The van der Waals surface area contributed by atoms with E-state index in [1.54, 1.807) is 0 Å². The summed E-state index contributed by atoms with van der Waals surface area (Å²) in [5.41, 5.74) is 0. The Balaban J connectivity index is 2.71. The van der Waals surface area contributed by atoms with Gasteiger partial charge in [-0.1, -0.05) is 6.92 Å². The van der Waals surface area contributed by atoms with Crippen molar-refractivity contribution in [1.82, 2.24) is 9.97 Å². The monoisotopic (exact) mass is 252 g/mol. The standard InChI is InChI=1S/C13H24N4O/c1-5-11-16-12(14-6-2)8-13(17-11)15-10(4)9-18-7-3/h8,10H,5-7,9H2,1-4H3,(H2,14,15,16,17). The first-order chi connectivity index (χ1) is 8.69. The second-order valence-electron chi connectivity index (χ2n) is 4.14. The molecule has 0 radical (unpaired) electrons. The molecule has 5 heteroatoms. The molecule has 1 atom stereocenters. The highest BCUT2D eigenvalue weighted by Crippen LogP contribution is 2.12. The molecule has 0 aliphatic carbocycles. The molecule has 0 aliphatic heterocycles. The van der Waals surface area contributed by atoms with Crippen molar-refractivity contribution in [2.75, 3.05) is 30.4 Å². The number of ether oxygens (including phenoxy) is 1. The van der Waals surface area contributed by atoms with Gasteiger partial charge in [0.1, 0.15) is 17.5 Å². The molecule has 1 aromatic heterocycles. The largest absolute Gasteiger partial charge is 0.380 e. The molecular weight excluding hydrogens is 228 g/mol. The Hall–Kier alpha value is -1.36. The number of nitrogens with zero attached hydrogens (tertiary/aromatic N) is 2. The molecule has 5 nitrogen and oxygen atoms in total. The summed E-state index contributed by atoms with van der Waals surface area (Å²) >= 11 is 0. The predicted octanol–water partition coefficient (Wildman–Crippen LogP) is 2.31. The van der Waals surface area contributed by atoms with Crippen molar-refractivity contribution in [3.8, 4) is 0 Å². The molecule has 0 saturated carbocycles. The van der Waals surface area contributed by atoms with Crippen molar-refractivity contribution >= 4 is 11.6 Å². The van der Waals surface area contributed by atoms with E-state index in [0.29, 0.717) is 6.61 Å². The van der Waals surface area contributed by atoms with Gasteiger partial charge in [0.25, 0.3) is 0 Å². The molecule has 102 valence electrons. The van der Waals surface area contributed by atoms with Gasteiger partial charge in [0.2, 0.25) is 0 Å². The molecular formula is C13H24N4O. The molecule has 0 bridgehead atoms. The third-order valence-corrected chi connectivity index (χ3v) is 2.41. The lowest BCUT2D eigenvalue weighted by Crippen LogP contribution is -2.22. The number of hydrogen-bond acceptors (Lipinski definition) is 5. The van der Waals surface area contributed by atoms with Gasteiger partial charge in [0.05, 0.1) is 6.61 Å². The van der Waals surface area contributed by atoms with Gasteiger partial charge < -0.3 is 15.4 Å². The maximum Gasteiger partial charge on any atom is 0.132 e. The molecule has 0 amide bonds. The second kappa shape index (κ2) is 7.87. The van der Waals surface area contributed by atoms with Gasteiger partial charge in [-0.15, -0.1) is 0 Å². The number of hydrogen-bond donors (Lipinski definition) is 2. The van der Waals surface area contributed by atoms with E-state index in [1.165, 1.54) is 0 Å². The number of rotatable bonds is 8. The van der Waals surface area contributed by atoms with Crippen LogP contribution < -0.4 is 10.6 Å². The Labute approximate surface area is 109 Å². The summed E-state index contributed by atoms with van der Waals surface area (Å²) in [6.45, 7) is 10.5. The van der Waals surface area contributed by atoms with Gasteiger partial charge in [0.15, 0.2) is 0 Å². The summed E-state index contributed by atoms with van der Waals surface area (Å²) in [5.74, 6) is 2.57. The van der Waals surface area contributed by atoms with Crippen LogP contribution in [0.3, 0.4) is 0 Å². The predicted molar refractivity (Wildman–Crippen MR) is 75.2 cm³/mol. The maximum absolute atomic E-state index is 5.38. The number of anilines is 2. The highest BCUT2D eigenvalue weighted by molar-refractivity contribution is 5.48. The normalized spacial score (nSPS) is 12.2. The van der Waals surface area contributed by atoms with Crippen LogP contribution in [0.15, 0.2) is 6.07 Å². The fraction of sp³-hybridized carbons (Fsp3) is 0.692. The second-order valence-corrected chi connectivity index (χ2v) is 4.14. The van der Waals surface area contributed by atoms with Crippen LogP contribution in [0.5, 0.6) is 0 Å². The lowest BCUT2D eigenvalue weighted by Gasteiger charge is -2.15. The minimum atomic E-state index is 0.235. The zero-order valence-electron chi connectivity index (χ0n) is 11.8. The van der Waals surface area contributed by atoms with Crippen LogP contribution in [-0.4, -0.2) is 35.8 Å². The van der Waals surface area contributed by atoms with Crippen LogP contribution in [0.2, 0.25) is 0 Å². The van der Waals surface area contributed by atoms with E-state index in [9.17, 15) is 0 Å². The third-order valence-electron chi connectivity index (χ3n) is 2.41. The van der Waals surface area contributed by atoms with E-state index in [4.69, 9.17) is 4.74 Å². The Morgan fingerprint density at radius 3 is 2.56 bits per heavy atom. The average molecular weight is 252 g/mol. The Bertz CT molecular complexity index is 357. The third kappa shape index (κ3) is 4.87. The lowest BCUT2D eigenvalue weighted by atomic mass is 10.3. The van der Waals surface area contributed by atoms with Crippen molar-refractivity contribution < 1.29 is 4.74 Å². The van der Waals surface area contributed by atoms with E-state index in [2.05, 4.69) is 41.4 Å². The molecule has 0 spiro atoms. The summed E-state index contributed by atoms with van der Waals surface area (Å²) in [6, 6.07) is 2.17. The Morgan fingerprint density at radius 1 is 1.22 bits per heavy atom. The molecule has 18 heavy (non-hydrogen) atoms. The van der Waals surface area contributed by atoms with Gasteiger partial charge in [-0.05, 0) is 20.8 Å². The molecule has 0 fully saturated rings. The highest BCUT2D eigenvalue weighted by atomic mass is 16.5. The van der Waals surface area contributed by atoms with E-state index in [0.717, 1.165) is 37.0 Å². The van der Waals surface area contributed by atoms with E-state index >= 15 is 0 Å². The molecule has 0 saturated heterocycles. The quantitative estimate of drug-likeness (QED) is 0.743. The van der Waals surface area contributed by atoms with E-state index < -0.39 is 0 Å².